The number of hydrogen-bond donors (Lipinski definition) is 0. The lowest BCUT2D eigenvalue weighted by atomic mass is 9.96. The van der Waals surface area contributed by atoms with Crippen molar-refractivity contribution < 1.29 is 47.5 Å². The summed E-state index contributed by atoms with van der Waals surface area (Å²) in [7, 11) is 10.8. The first kappa shape index (κ1) is 56.8. The van der Waals surface area contributed by atoms with Gasteiger partial charge in [-0.25, -0.2) is 0 Å². The largest absolute Gasteiger partial charge is 1.00 e. The summed E-state index contributed by atoms with van der Waals surface area (Å²) in [5.74, 6) is 1.16. The first-order valence-corrected chi connectivity index (χ1v) is 21.0. The molecule has 0 N–H and O–H groups in total. The normalized spacial score (nSPS) is 12.0. The van der Waals surface area contributed by atoms with Gasteiger partial charge in [0.1, 0.15) is 0 Å². The second-order valence-electron chi connectivity index (χ2n) is 15.7. The molecule has 0 saturated heterocycles. The number of quaternary nitrogens is 1. The maximum absolute atomic E-state index is 11.9. The van der Waals surface area contributed by atoms with E-state index in [9.17, 15) is 9.59 Å². The molecule has 0 aliphatic carbocycles. The number of unbranched alkanes of at least 4 members (excludes halogenated alkanes) is 12. The standard InChI is InChI=1S/C21H44NO2.C20H41NO2.C2H3N.HI/c1-6-8-10-12-16-20(15-9-7-2)19-24-21(23)17-13-11-14-18-22(3,4)5;1-5-7-9-11-15-19(14-8-6-2)18-23-20(22)16-12-10-13-17-21(3)4;1-2-3;/h20H,6-19H2,1-5H3;19H,5-18H2,1-4H3;1H3;1H/q+1;;;/p-1. The molecule has 0 aromatic heterocycles. The number of ether oxygens (including phenoxy) is 2. The molecule has 0 heterocycles. The number of rotatable bonds is 32. The van der Waals surface area contributed by atoms with Gasteiger partial charge in [-0.3, -0.25) is 9.59 Å². The summed E-state index contributed by atoms with van der Waals surface area (Å²) in [4.78, 5) is 26.0. The monoisotopic (exact) mass is 838 g/mol. The molecule has 8 heteroatoms. The van der Waals surface area contributed by atoms with Crippen molar-refractivity contribution in [2.45, 2.75) is 189 Å². The molecule has 2 atom stereocenters. The zero-order chi connectivity index (χ0) is 38.3. The van der Waals surface area contributed by atoms with Gasteiger partial charge < -0.3 is 42.8 Å². The maximum atomic E-state index is 11.9. The van der Waals surface area contributed by atoms with Gasteiger partial charge in [0.15, 0.2) is 0 Å². The Morgan fingerprint density at radius 1 is 0.588 bits per heavy atom. The molecule has 7 nitrogen and oxygen atoms in total. The predicted molar refractivity (Wildman–Crippen MR) is 215 cm³/mol. The van der Waals surface area contributed by atoms with E-state index in [4.69, 9.17) is 14.7 Å². The van der Waals surface area contributed by atoms with E-state index in [0.717, 1.165) is 43.1 Å². The average molecular weight is 838 g/mol. The van der Waals surface area contributed by atoms with E-state index in [1.807, 2.05) is 0 Å². The highest BCUT2D eigenvalue weighted by Crippen LogP contribution is 2.19. The van der Waals surface area contributed by atoms with Gasteiger partial charge in [0.05, 0.1) is 47.0 Å². The van der Waals surface area contributed by atoms with Crippen molar-refractivity contribution in [1.82, 2.24) is 4.90 Å². The van der Waals surface area contributed by atoms with E-state index in [2.05, 4.69) is 67.8 Å². The van der Waals surface area contributed by atoms with Crippen LogP contribution >= 0.6 is 0 Å². The van der Waals surface area contributed by atoms with Gasteiger partial charge in [-0.05, 0) is 90.3 Å². The zero-order valence-electron chi connectivity index (χ0n) is 35.8. The lowest BCUT2D eigenvalue weighted by Gasteiger charge is -2.23. The predicted octanol–water partition coefficient (Wildman–Crippen LogP) is 8.54. The van der Waals surface area contributed by atoms with Crippen molar-refractivity contribution in [3.05, 3.63) is 0 Å². The Balaban J connectivity index is -0.000000395. The highest BCUT2D eigenvalue weighted by molar-refractivity contribution is 5.69. The number of carbonyl (C=O) groups is 2. The van der Waals surface area contributed by atoms with Crippen molar-refractivity contribution in [2.24, 2.45) is 11.8 Å². The fourth-order valence-corrected chi connectivity index (χ4v) is 5.80. The number of hydrogen-bond acceptors (Lipinski definition) is 6. The van der Waals surface area contributed by atoms with Crippen molar-refractivity contribution in [1.29, 1.82) is 5.26 Å². The molecule has 0 aromatic rings. The molecular weight excluding hydrogens is 749 g/mol. The molecule has 0 saturated carbocycles. The van der Waals surface area contributed by atoms with Crippen LogP contribution in [0.25, 0.3) is 0 Å². The summed E-state index contributed by atoms with van der Waals surface area (Å²) < 4.78 is 12.1. The maximum Gasteiger partial charge on any atom is 0.305 e. The van der Waals surface area contributed by atoms with E-state index < -0.39 is 0 Å². The third-order valence-corrected chi connectivity index (χ3v) is 9.02. The second kappa shape index (κ2) is 43.5. The van der Waals surface area contributed by atoms with E-state index in [-0.39, 0.29) is 35.9 Å². The van der Waals surface area contributed by atoms with Gasteiger partial charge in [0.25, 0.3) is 0 Å². The van der Waals surface area contributed by atoms with Gasteiger partial charge in [-0.15, -0.1) is 0 Å². The molecule has 0 aliphatic heterocycles. The van der Waals surface area contributed by atoms with Crippen LogP contribution in [0.1, 0.15) is 189 Å². The van der Waals surface area contributed by atoms with Crippen LogP contribution in [0.3, 0.4) is 0 Å². The molecule has 0 bridgehead atoms. The van der Waals surface area contributed by atoms with Crippen molar-refractivity contribution >= 4 is 11.9 Å². The van der Waals surface area contributed by atoms with E-state index in [1.54, 1.807) is 6.07 Å². The van der Waals surface area contributed by atoms with Crippen molar-refractivity contribution in [3.8, 4) is 6.07 Å². The highest BCUT2D eigenvalue weighted by Gasteiger charge is 2.13. The minimum Gasteiger partial charge on any atom is -1.00 e. The SMILES string of the molecule is CC#N.CCCCCCC(CCCC)COC(=O)CCCCCN(C)C.CCCCCCC(CCCC)COC(=O)CCCCC[N+](C)(C)C.[I-]. The molecule has 51 heavy (non-hydrogen) atoms. The first-order chi connectivity index (χ1) is 23.9. The Hall–Kier alpha value is -0.920. The Kier molecular flexibility index (Phi) is 48.4. The van der Waals surface area contributed by atoms with Crippen LogP contribution in [0.4, 0.5) is 0 Å². The average Bonchev–Trinajstić information content (AvgIpc) is 3.06. The Bertz CT molecular complexity index is 767. The summed E-state index contributed by atoms with van der Waals surface area (Å²) in [6.07, 6.45) is 27.9. The molecule has 0 spiro atoms. The van der Waals surface area contributed by atoms with Crippen LogP contribution in [-0.2, 0) is 19.1 Å². The fraction of sp³-hybridized carbons (Fsp3) is 0.930. The number of carbonyl (C=O) groups excluding carboxylic acids is 2. The number of nitriles is 1. The third kappa shape index (κ3) is 51.2. The van der Waals surface area contributed by atoms with Crippen LogP contribution < -0.4 is 24.0 Å². The summed E-state index contributed by atoms with van der Waals surface area (Å²) in [5, 5.41) is 7.32. The lowest BCUT2D eigenvalue weighted by Crippen LogP contribution is -3.00. The molecular formula is C43H88IN3O4. The second-order valence-corrected chi connectivity index (χ2v) is 15.7. The van der Waals surface area contributed by atoms with Gasteiger partial charge in [0.2, 0.25) is 0 Å². The molecule has 0 aliphatic rings. The van der Waals surface area contributed by atoms with Crippen LogP contribution in [0.15, 0.2) is 0 Å². The van der Waals surface area contributed by atoms with Crippen LogP contribution in [0.2, 0.25) is 0 Å². The molecule has 0 aromatic carbocycles. The summed E-state index contributed by atoms with van der Waals surface area (Å²) in [6, 6.07) is 1.75. The number of nitrogens with zero attached hydrogens (tertiary/aromatic N) is 3. The van der Waals surface area contributed by atoms with Crippen LogP contribution in [0, 0.1) is 23.2 Å². The fourth-order valence-electron chi connectivity index (χ4n) is 5.80. The molecule has 0 radical (unpaired) electrons. The molecule has 306 valence electrons. The highest BCUT2D eigenvalue weighted by atomic mass is 127. The van der Waals surface area contributed by atoms with Crippen LogP contribution in [0.5, 0.6) is 0 Å². The Morgan fingerprint density at radius 2 is 0.941 bits per heavy atom. The Morgan fingerprint density at radius 3 is 1.29 bits per heavy atom. The lowest BCUT2D eigenvalue weighted by molar-refractivity contribution is -0.870. The zero-order valence-corrected chi connectivity index (χ0v) is 38.0. The minimum atomic E-state index is 0. The molecule has 0 rings (SSSR count). The van der Waals surface area contributed by atoms with E-state index in [1.165, 1.54) is 123 Å². The van der Waals surface area contributed by atoms with E-state index in [0.29, 0.717) is 37.9 Å². The minimum absolute atomic E-state index is 0. The van der Waals surface area contributed by atoms with Gasteiger partial charge >= 0.3 is 11.9 Å². The summed E-state index contributed by atoms with van der Waals surface area (Å²) in [6.45, 7) is 13.9. The van der Waals surface area contributed by atoms with Crippen molar-refractivity contribution in [2.75, 3.05) is 61.5 Å². The first-order valence-electron chi connectivity index (χ1n) is 21.0. The van der Waals surface area contributed by atoms with Gasteiger partial charge in [-0.1, -0.05) is 111 Å². The summed E-state index contributed by atoms with van der Waals surface area (Å²) >= 11 is 0. The topological polar surface area (TPSA) is 79.6 Å². The smallest absolute Gasteiger partial charge is 0.305 e. The number of halogens is 1. The molecule has 0 amide bonds. The van der Waals surface area contributed by atoms with Crippen LogP contribution in [-0.4, -0.2) is 82.9 Å². The molecule has 0 fully saturated rings. The Labute approximate surface area is 336 Å². The molecule has 2 unspecified atom stereocenters. The van der Waals surface area contributed by atoms with E-state index >= 15 is 0 Å². The number of esters is 2. The third-order valence-electron chi connectivity index (χ3n) is 9.02. The van der Waals surface area contributed by atoms with Gasteiger partial charge in [-0.2, -0.15) is 5.26 Å². The van der Waals surface area contributed by atoms with Crippen molar-refractivity contribution in [3.63, 3.8) is 0 Å². The quantitative estimate of drug-likeness (QED) is 0.0293. The van der Waals surface area contributed by atoms with Gasteiger partial charge in [0, 0.05) is 19.8 Å². The summed E-state index contributed by atoms with van der Waals surface area (Å²) in [5.41, 5.74) is 0.